The highest BCUT2D eigenvalue weighted by Crippen LogP contribution is 2.26. The third-order valence-electron chi connectivity index (χ3n) is 4.20. The van der Waals surface area contributed by atoms with Crippen molar-refractivity contribution in [1.82, 2.24) is 15.0 Å². The highest BCUT2D eigenvalue weighted by atomic mass is 16.5. The van der Waals surface area contributed by atoms with Gasteiger partial charge in [0.1, 0.15) is 0 Å². The Hall–Kier alpha value is -1.40. The fraction of sp³-hybridized carbons (Fsp3) is 0.714. The molecule has 2 atom stereocenters. The summed E-state index contributed by atoms with van der Waals surface area (Å²) in [6.07, 6.45) is 1.66. The van der Waals surface area contributed by atoms with Crippen LogP contribution >= 0.6 is 0 Å². The Morgan fingerprint density at radius 3 is 2.90 bits per heavy atom. The number of carbonyl (C=O) groups excluding carboxylic acids is 1. The summed E-state index contributed by atoms with van der Waals surface area (Å²) in [5, 5.41) is 3.72. The van der Waals surface area contributed by atoms with Crippen molar-refractivity contribution in [3.63, 3.8) is 0 Å². The topological polar surface area (TPSA) is 58.8 Å². The van der Waals surface area contributed by atoms with Crippen LogP contribution in [-0.2, 0) is 16.1 Å². The molecule has 3 heterocycles. The van der Waals surface area contributed by atoms with E-state index >= 15 is 0 Å². The quantitative estimate of drug-likeness (QED) is 0.811. The first-order valence-corrected chi connectivity index (χ1v) is 7.22. The van der Waals surface area contributed by atoms with Gasteiger partial charge in [0.15, 0.2) is 5.76 Å². The van der Waals surface area contributed by atoms with Crippen LogP contribution in [-0.4, -0.2) is 60.3 Å². The number of carbonyl (C=O) groups is 1. The van der Waals surface area contributed by atoms with E-state index in [0.717, 1.165) is 38.5 Å². The highest BCUT2D eigenvalue weighted by Gasteiger charge is 2.37. The molecule has 20 heavy (non-hydrogen) atoms. The second kappa shape index (κ2) is 5.93. The molecule has 3 rings (SSSR count). The minimum atomic E-state index is 0.0935. The van der Waals surface area contributed by atoms with Gasteiger partial charge in [0.05, 0.1) is 31.9 Å². The average molecular weight is 279 g/mol. The van der Waals surface area contributed by atoms with E-state index in [9.17, 15) is 4.79 Å². The molecule has 0 aliphatic carbocycles. The Bertz CT molecular complexity index is 443. The lowest BCUT2D eigenvalue weighted by Crippen LogP contribution is -2.45. The van der Waals surface area contributed by atoms with Gasteiger partial charge in [-0.2, -0.15) is 0 Å². The van der Waals surface area contributed by atoms with E-state index in [0.29, 0.717) is 19.1 Å². The first-order valence-electron chi connectivity index (χ1n) is 7.22. The van der Waals surface area contributed by atoms with Gasteiger partial charge in [0, 0.05) is 32.2 Å². The molecule has 1 aromatic rings. The minimum absolute atomic E-state index is 0.0935. The number of rotatable bonds is 3. The second-order valence-corrected chi connectivity index (χ2v) is 5.69. The lowest BCUT2D eigenvalue weighted by molar-refractivity contribution is -0.140. The van der Waals surface area contributed by atoms with Crippen LogP contribution in [0.25, 0.3) is 0 Å². The molecule has 2 aliphatic heterocycles. The molecule has 1 aromatic heterocycles. The summed E-state index contributed by atoms with van der Waals surface area (Å²) >= 11 is 0. The first-order chi connectivity index (χ1) is 9.74. The number of aromatic nitrogens is 1. The fourth-order valence-electron chi connectivity index (χ4n) is 3.08. The number of ether oxygens (including phenoxy) is 1. The minimum Gasteiger partial charge on any atom is -0.378 e. The van der Waals surface area contributed by atoms with Gasteiger partial charge in [-0.25, -0.2) is 0 Å². The predicted octanol–water partition coefficient (Wildman–Crippen LogP) is 0.601. The number of hydrogen-bond acceptors (Lipinski definition) is 5. The van der Waals surface area contributed by atoms with E-state index in [2.05, 4.69) is 17.0 Å². The van der Waals surface area contributed by atoms with Crippen molar-refractivity contribution in [3.8, 4) is 0 Å². The van der Waals surface area contributed by atoms with Crippen LogP contribution in [0.4, 0.5) is 0 Å². The molecule has 0 unspecified atom stereocenters. The van der Waals surface area contributed by atoms with E-state index in [1.807, 2.05) is 11.0 Å². The van der Waals surface area contributed by atoms with Gasteiger partial charge >= 0.3 is 0 Å². The predicted molar refractivity (Wildman–Crippen MR) is 71.8 cm³/mol. The van der Waals surface area contributed by atoms with Crippen LogP contribution in [0.15, 0.2) is 16.8 Å². The Morgan fingerprint density at radius 2 is 2.20 bits per heavy atom. The number of nitrogens with zero attached hydrogens (tertiary/aromatic N) is 3. The standard InChI is InChI=1S/C14H21N3O3/c1-11-8-16(9-12-2-3-15-20-12)10-13(11)14(18)17-4-6-19-7-5-17/h2-3,11,13H,4-10H2,1H3/t11-,13-/m1/s1. The molecule has 6 nitrogen and oxygen atoms in total. The summed E-state index contributed by atoms with van der Waals surface area (Å²) in [5.74, 6) is 1.61. The molecule has 0 radical (unpaired) electrons. The number of likely N-dealkylation sites (tertiary alicyclic amines) is 1. The van der Waals surface area contributed by atoms with Gasteiger partial charge in [0.2, 0.25) is 5.91 Å². The van der Waals surface area contributed by atoms with Gasteiger partial charge < -0.3 is 14.2 Å². The van der Waals surface area contributed by atoms with Crippen molar-refractivity contribution in [3.05, 3.63) is 18.0 Å². The Labute approximate surface area is 118 Å². The van der Waals surface area contributed by atoms with Crippen LogP contribution in [0.5, 0.6) is 0 Å². The smallest absolute Gasteiger partial charge is 0.227 e. The Kier molecular flexibility index (Phi) is 4.03. The normalized spacial score (nSPS) is 27.9. The SMILES string of the molecule is C[C@@H]1CN(Cc2ccno2)C[C@H]1C(=O)N1CCOCC1. The molecular weight excluding hydrogens is 258 g/mol. The summed E-state index contributed by atoms with van der Waals surface area (Å²) in [6.45, 7) is 7.40. The Morgan fingerprint density at radius 1 is 1.40 bits per heavy atom. The van der Waals surface area contributed by atoms with Crippen LogP contribution in [0.2, 0.25) is 0 Å². The van der Waals surface area contributed by atoms with Gasteiger partial charge in [-0.05, 0) is 5.92 Å². The van der Waals surface area contributed by atoms with Crippen molar-refractivity contribution in [2.75, 3.05) is 39.4 Å². The molecule has 0 saturated carbocycles. The van der Waals surface area contributed by atoms with E-state index < -0.39 is 0 Å². The summed E-state index contributed by atoms with van der Waals surface area (Å²) in [4.78, 5) is 16.8. The van der Waals surface area contributed by atoms with Crippen molar-refractivity contribution >= 4 is 5.91 Å². The Balaban J connectivity index is 1.58. The number of hydrogen-bond donors (Lipinski definition) is 0. The molecule has 0 spiro atoms. The van der Waals surface area contributed by atoms with Gasteiger partial charge in [-0.1, -0.05) is 12.1 Å². The largest absolute Gasteiger partial charge is 0.378 e. The molecular formula is C14H21N3O3. The highest BCUT2D eigenvalue weighted by molar-refractivity contribution is 5.79. The van der Waals surface area contributed by atoms with E-state index in [-0.39, 0.29) is 11.8 Å². The van der Waals surface area contributed by atoms with E-state index in [4.69, 9.17) is 9.26 Å². The van der Waals surface area contributed by atoms with Crippen molar-refractivity contribution in [2.24, 2.45) is 11.8 Å². The number of morpholine rings is 1. The second-order valence-electron chi connectivity index (χ2n) is 5.69. The molecule has 0 aromatic carbocycles. The molecule has 2 saturated heterocycles. The van der Waals surface area contributed by atoms with Gasteiger partial charge in [0.25, 0.3) is 0 Å². The maximum Gasteiger partial charge on any atom is 0.227 e. The van der Waals surface area contributed by atoms with E-state index in [1.54, 1.807) is 6.20 Å². The third kappa shape index (κ3) is 2.86. The maximum absolute atomic E-state index is 12.6. The summed E-state index contributed by atoms with van der Waals surface area (Å²) in [5.41, 5.74) is 0. The summed E-state index contributed by atoms with van der Waals surface area (Å²) in [7, 11) is 0. The molecule has 2 aliphatic rings. The zero-order valence-electron chi connectivity index (χ0n) is 11.8. The molecule has 2 fully saturated rings. The maximum atomic E-state index is 12.6. The van der Waals surface area contributed by atoms with Gasteiger partial charge in [-0.15, -0.1) is 0 Å². The molecule has 0 bridgehead atoms. The van der Waals surface area contributed by atoms with Crippen molar-refractivity contribution < 1.29 is 14.1 Å². The van der Waals surface area contributed by atoms with Crippen LogP contribution in [0, 0.1) is 11.8 Å². The molecule has 110 valence electrons. The lowest BCUT2D eigenvalue weighted by Gasteiger charge is -2.30. The number of amides is 1. The van der Waals surface area contributed by atoms with Crippen LogP contribution < -0.4 is 0 Å². The van der Waals surface area contributed by atoms with Crippen molar-refractivity contribution in [2.45, 2.75) is 13.5 Å². The zero-order valence-corrected chi connectivity index (χ0v) is 11.8. The molecule has 0 N–H and O–H groups in total. The fourth-order valence-corrected chi connectivity index (χ4v) is 3.08. The zero-order chi connectivity index (χ0) is 13.9. The monoisotopic (exact) mass is 279 g/mol. The molecule has 6 heteroatoms. The third-order valence-corrected chi connectivity index (χ3v) is 4.20. The first kappa shape index (κ1) is 13.6. The lowest BCUT2D eigenvalue weighted by atomic mass is 9.96. The van der Waals surface area contributed by atoms with Crippen LogP contribution in [0.3, 0.4) is 0 Å². The van der Waals surface area contributed by atoms with Crippen LogP contribution in [0.1, 0.15) is 12.7 Å². The summed E-state index contributed by atoms with van der Waals surface area (Å²) < 4.78 is 10.4. The van der Waals surface area contributed by atoms with E-state index in [1.165, 1.54) is 0 Å². The molecule has 1 amide bonds. The van der Waals surface area contributed by atoms with Gasteiger partial charge in [-0.3, -0.25) is 9.69 Å². The van der Waals surface area contributed by atoms with Crippen molar-refractivity contribution in [1.29, 1.82) is 0 Å². The summed E-state index contributed by atoms with van der Waals surface area (Å²) in [6, 6.07) is 1.88. The average Bonchev–Trinajstić information content (AvgIpc) is 3.09.